The summed E-state index contributed by atoms with van der Waals surface area (Å²) in [7, 11) is 1.60. The van der Waals surface area contributed by atoms with E-state index in [0.717, 1.165) is 0 Å². The van der Waals surface area contributed by atoms with Crippen molar-refractivity contribution in [2.45, 2.75) is 13.5 Å². The summed E-state index contributed by atoms with van der Waals surface area (Å²) in [6.45, 7) is 2.89. The van der Waals surface area contributed by atoms with Crippen molar-refractivity contribution in [2.75, 3.05) is 25.6 Å². The van der Waals surface area contributed by atoms with Crippen LogP contribution < -0.4 is 10.9 Å². The van der Waals surface area contributed by atoms with E-state index < -0.39 is 0 Å². The first-order chi connectivity index (χ1) is 13.5. The zero-order valence-corrected chi connectivity index (χ0v) is 16.5. The summed E-state index contributed by atoms with van der Waals surface area (Å²) in [5, 5.41) is 3.95. The van der Waals surface area contributed by atoms with Gasteiger partial charge in [0.15, 0.2) is 5.11 Å². The van der Waals surface area contributed by atoms with Gasteiger partial charge in [-0.15, -0.1) is 0 Å². The van der Waals surface area contributed by atoms with E-state index in [0.29, 0.717) is 46.2 Å². The van der Waals surface area contributed by atoms with E-state index in [1.165, 1.54) is 6.07 Å². The molecule has 2 aromatic carbocycles. The van der Waals surface area contributed by atoms with Gasteiger partial charge in [0.25, 0.3) is 5.56 Å². The molecule has 0 unspecified atom stereocenters. The molecule has 6 nitrogen and oxygen atoms in total. The van der Waals surface area contributed by atoms with E-state index in [-0.39, 0.29) is 17.9 Å². The highest BCUT2D eigenvalue weighted by Crippen LogP contribution is 2.15. The van der Waals surface area contributed by atoms with Gasteiger partial charge in [0, 0.05) is 19.3 Å². The molecule has 0 atom stereocenters. The Balaban J connectivity index is 1.82. The van der Waals surface area contributed by atoms with E-state index in [1.54, 1.807) is 44.4 Å². The number of nitrogens with one attached hydrogen (secondary N) is 2. The van der Waals surface area contributed by atoms with Gasteiger partial charge in [-0.1, -0.05) is 18.2 Å². The van der Waals surface area contributed by atoms with Crippen LogP contribution in [0.3, 0.4) is 0 Å². The molecular weight excluding hydrogens is 379 g/mol. The summed E-state index contributed by atoms with van der Waals surface area (Å²) in [6, 6.07) is 12.0. The molecule has 2 N–H and O–H groups in total. The smallest absolute Gasteiger partial charge is 0.258 e. The first-order valence-electron chi connectivity index (χ1n) is 8.77. The lowest BCUT2D eigenvalue weighted by molar-refractivity contribution is 0.174. The third kappa shape index (κ3) is 4.71. The second-order valence-electron chi connectivity index (χ2n) is 6.34. The quantitative estimate of drug-likeness (QED) is 0.619. The number of fused-ring (bicyclic) bond motifs is 1. The van der Waals surface area contributed by atoms with Crippen molar-refractivity contribution >= 4 is 33.9 Å². The van der Waals surface area contributed by atoms with Crippen molar-refractivity contribution in [1.29, 1.82) is 0 Å². The highest BCUT2D eigenvalue weighted by atomic mass is 32.1. The SMILES string of the molecule is COCCN(Cc1nc2ccccc2c(=O)[nH]1)C(=S)Nc1ccc(C)c(F)c1. The maximum atomic E-state index is 13.8. The van der Waals surface area contributed by atoms with E-state index in [9.17, 15) is 9.18 Å². The number of H-pyrrole nitrogens is 1. The second-order valence-corrected chi connectivity index (χ2v) is 6.72. The minimum Gasteiger partial charge on any atom is -0.383 e. The van der Waals surface area contributed by atoms with Gasteiger partial charge in [0.05, 0.1) is 24.1 Å². The van der Waals surface area contributed by atoms with Crippen LogP contribution in [0.1, 0.15) is 11.4 Å². The van der Waals surface area contributed by atoms with Crippen molar-refractivity contribution < 1.29 is 9.13 Å². The maximum Gasteiger partial charge on any atom is 0.258 e. The number of anilines is 1. The standard InChI is InChI=1S/C20H21FN4O2S/c1-13-7-8-14(11-16(13)21)22-20(28)25(9-10-27-2)12-18-23-17-6-4-3-5-15(17)19(26)24-18/h3-8,11H,9-10,12H2,1-2H3,(H,22,28)(H,23,24,26). The lowest BCUT2D eigenvalue weighted by Gasteiger charge is -2.25. The van der Waals surface area contributed by atoms with Gasteiger partial charge in [-0.25, -0.2) is 9.37 Å². The number of halogens is 1. The average molecular weight is 400 g/mol. The first kappa shape index (κ1) is 19.9. The Morgan fingerprint density at radius 2 is 2.11 bits per heavy atom. The molecular formula is C20H21FN4O2S. The van der Waals surface area contributed by atoms with Gasteiger partial charge in [0.2, 0.25) is 0 Å². The largest absolute Gasteiger partial charge is 0.383 e. The Hall–Kier alpha value is -2.84. The number of methoxy groups -OCH3 is 1. The molecule has 8 heteroatoms. The number of aromatic amines is 1. The first-order valence-corrected chi connectivity index (χ1v) is 9.17. The summed E-state index contributed by atoms with van der Waals surface area (Å²) in [5.74, 6) is 0.177. The highest BCUT2D eigenvalue weighted by molar-refractivity contribution is 7.80. The van der Waals surface area contributed by atoms with Crippen molar-refractivity contribution in [3.05, 3.63) is 70.0 Å². The van der Waals surface area contributed by atoms with Gasteiger partial charge < -0.3 is 19.9 Å². The molecule has 0 aliphatic carbocycles. The van der Waals surface area contributed by atoms with Gasteiger partial charge in [0.1, 0.15) is 11.6 Å². The predicted octanol–water partition coefficient (Wildman–Crippen LogP) is 3.22. The normalized spacial score (nSPS) is 10.8. The summed E-state index contributed by atoms with van der Waals surface area (Å²) in [6.07, 6.45) is 0. The highest BCUT2D eigenvalue weighted by Gasteiger charge is 2.14. The van der Waals surface area contributed by atoms with E-state index in [1.807, 2.05) is 11.0 Å². The zero-order chi connectivity index (χ0) is 20.1. The fourth-order valence-corrected chi connectivity index (χ4v) is 2.99. The van der Waals surface area contributed by atoms with Crippen molar-refractivity contribution in [1.82, 2.24) is 14.9 Å². The molecule has 3 rings (SSSR count). The van der Waals surface area contributed by atoms with Crippen molar-refractivity contribution in [3.63, 3.8) is 0 Å². The molecule has 0 amide bonds. The van der Waals surface area contributed by atoms with Gasteiger partial charge in [-0.2, -0.15) is 0 Å². The Kier molecular flexibility index (Phi) is 6.33. The minimum absolute atomic E-state index is 0.202. The maximum absolute atomic E-state index is 13.8. The van der Waals surface area contributed by atoms with E-state index in [2.05, 4.69) is 15.3 Å². The third-order valence-electron chi connectivity index (χ3n) is 4.28. The Morgan fingerprint density at radius 3 is 2.86 bits per heavy atom. The van der Waals surface area contributed by atoms with Crippen LogP contribution in [0.25, 0.3) is 10.9 Å². The Bertz CT molecular complexity index is 1050. The Labute approximate surface area is 167 Å². The van der Waals surface area contributed by atoms with E-state index in [4.69, 9.17) is 17.0 Å². The average Bonchev–Trinajstić information content (AvgIpc) is 2.68. The number of nitrogens with zero attached hydrogens (tertiary/aromatic N) is 2. The van der Waals surface area contributed by atoms with Crippen molar-refractivity contribution in [2.24, 2.45) is 0 Å². The molecule has 1 heterocycles. The van der Waals surface area contributed by atoms with Crippen LogP contribution in [0.2, 0.25) is 0 Å². The van der Waals surface area contributed by atoms with Gasteiger partial charge in [-0.3, -0.25) is 4.79 Å². The summed E-state index contributed by atoms with van der Waals surface area (Å²) >= 11 is 5.49. The van der Waals surface area contributed by atoms with Crippen LogP contribution in [0.15, 0.2) is 47.3 Å². The van der Waals surface area contributed by atoms with Crippen molar-refractivity contribution in [3.8, 4) is 0 Å². The molecule has 146 valence electrons. The topological polar surface area (TPSA) is 70.2 Å². The number of hydrogen-bond donors (Lipinski definition) is 2. The number of para-hydroxylation sites is 1. The number of hydrogen-bond acceptors (Lipinski definition) is 4. The second kappa shape index (κ2) is 8.90. The number of ether oxygens (including phenoxy) is 1. The predicted molar refractivity (Wildman–Crippen MR) is 112 cm³/mol. The molecule has 0 aliphatic heterocycles. The number of aryl methyl sites for hydroxylation is 1. The molecule has 0 spiro atoms. The zero-order valence-electron chi connectivity index (χ0n) is 15.7. The molecule has 28 heavy (non-hydrogen) atoms. The fraction of sp³-hybridized carbons (Fsp3) is 0.250. The monoisotopic (exact) mass is 400 g/mol. The Morgan fingerprint density at radius 1 is 1.32 bits per heavy atom. The molecule has 0 bridgehead atoms. The summed E-state index contributed by atoms with van der Waals surface area (Å²) < 4.78 is 19.0. The van der Waals surface area contributed by atoms with Gasteiger partial charge >= 0.3 is 0 Å². The summed E-state index contributed by atoms with van der Waals surface area (Å²) in [5.41, 5.74) is 1.53. The molecule has 0 saturated heterocycles. The minimum atomic E-state index is -0.309. The fourth-order valence-electron chi connectivity index (χ4n) is 2.72. The van der Waals surface area contributed by atoms with Crippen LogP contribution in [0, 0.1) is 12.7 Å². The number of aromatic nitrogens is 2. The van der Waals surface area contributed by atoms with Crippen LogP contribution in [0.4, 0.5) is 10.1 Å². The summed E-state index contributed by atoms with van der Waals surface area (Å²) in [4.78, 5) is 21.4. The van der Waals surface area contributed by atoms with E-state index >= 15 is 0 Å². The molecule has 3 aromatic rings. The van der Waals surface area contributed by atoms with Crippen LogP contribution in [-0.2, 0) is 11.3 Å². The number of thiocarbonyl (C=S) groups is 1. The molecule has 1 aromatic heterocycles. The van der Waals surface area contributed by atoms with Crippen LogP contribution in [0.5, 0.6) is 0 Å². The number of rotatable bonds is 6. The molecule has 0 aliphatic rings. The lowest BCUT2D eigenvalue weighted by Crippen LogP contribution is -2.37. The molecule has 0 fully saturated rings. The lowest BCUT2D eigenvalue weighted by atomic mass is 10.2. The van der Waals surface area contributed by atoms with Crippen LogP contribution in [-0.4, -0.2) is 40.2 Å². The number of benzene rings is 2. The third-order valence-corrected chi connectivity index (χ3v) is 4.64. The molecule has 0 saturated carbocycles. The van der Waals surface area contributed by atoms with Gasteiger partial charge in [-0.05, 0) is 49.0 Å². The molecule has 0 radical (unpaired) electrons. The van der Waals surface area contributed by atoms with Crippen LogP contribution >= 0.6 is 12.2 Å².